The number of carbonyl (C=O) groups is 1. The van der Waals surface area contributed by atoms with Gasteiger partial charge in [0.05, 0.1) is 29.8 Å². The molecule has 1 saturated heterocycles. The van der Waals surface area contributed by atoms with Crippen LogP contribution in [0.3, 0.4) is 0 Å². The van der Waals surface area contributed by atoms with E-state index < -0.39 is 12.3 Å². The Labute approximate surface area is 133 Å². The summed E-state index contributed by atoms with van der Waals surface area (Å²) in [5.41, 5.74) is -1.36. The lowest BCUT2D eigenvalue weighted by Crippen LogP contribution is -2.35. The van der Waals surface area contributed by atoms with Gasteiger partial charge in [0.1, 0.15) is 5.75 Å². The molecule has 22 heavy (non-hydrogen) atoms. The van der Waals surface area contributed by atoms with Crippen LogP contribution in [0.2, 0.25) is 5.02 Å². The number of carbonyl (C=O) groups excluding carboxylic acids is 1. The van der Waals surface area contributed by atoms with Crippen LogP contribution in [-0.4, -0.2) is 47.4 Å². The van der Waals surface area contributed by atoms with Crippen molar-refractivity contribution in [1.82, 2.24) is 4.90 Å². The Hall–Kier alpha value is -1.33. The minimum absolute atomic E-state index is 0.0982. The minimum atomic E-state index is -1.70. The lowest BCUT2D eigenvalue weighted by atomic mass is 9.96. The first-order valence-corrected chi connectivity index (χ1v) is 7.94. The summed E-state index contributed by atoms with van der Waals surface area (Å²) >= 11 is 6.18. The molecule has 1 N–H and O–H groups in total. The standard InChI is InChI=1S/C16H19ClFNO3/c17-14-8-12(22-11-2-1-3-11)4-5-13(14)15(21)19-7-6-16(18,9-19)10-20/h4-5,8,11,20H,1-3,6-7,9-10H2. The third-order valence-corrected chi connectivity index (χ3v) is 4.71. The number of aliphatic hydroxyl groups is 1. The number of amides is 1. The maximum Gasteiger partial charge on any atom is 0.255 e. The molecule has 0 aromatic heterocycles. The van der Waals surface area contributed by atoms with Crippen LogP contribution in [0.1, 0.15) is 36.0 Å². The van der Waals surface area contributed by atoms with E-state index in [0.29, 0.717) is 16.3 Å². The lowest BCUT2D eigenvalue weighted by Gasteiger charge is -2.26. The molecule has 1 saturated carbocycles. The summed E-state index contributed by atoms with van der Waals surface area (Å²) in [7, 11) is 0. The van der Waals surface area contributed by atoms with Gasteiger partial charge in [-0.3, -0.25) is 4.79 Å². The first-order chi connectivity index (χ1) is 10.5. The molecule has 2 aliphatic rings. The van der Waals surface area contributed by atoms with E-state index in [9.17, 15) is 9.18 Å². The van der Waals surface area contributed by atoms with Crippen molar-refractivity contribution in [2.45, 2.75) is 37.5 Å². The monoisotopic (exact) mass is 327 g/mol. The quantitative estimate of drug-likeness (QED) is 0.925. The number of benzene rings is 1. The van der Waals surface area contributed by atoms with Crippen molar-refractivity contribution in [1.29, 1.82) is 0 Å². The molecule has 0 bridgehead atoms. The third-order valence-electron chi connectivity index (χ3n) is 4.40. The zero-order valence-electron chi connectivity index (χ0n) is 12.2. The van der Waals surface area contributed by atoms with Crippen LogP contribution in [-0.2, 0) is 0 Å². The Morgan fingerprint density at radius 1 is 1.50 bits per heavy atom. The molecule has 1 aliphatic carbocycles. The Balaban J connectivity index is 1.70. The lowest BCUT2D eigenvalue weighted by molar-refractivity contribution is 0.0631. The van der Waals surface area contributed by atoms with Gasteiger partial charge in [0.15, 0.2) is 5.67 Å². The molecular weight excluding hydrogens is 309 g/mol. The number of nitrogens with zero attached hydrogens (tertiary/aromatic N) is 1. The molecule has 2 fully saturated rings. The molecule has 6 heteroatoms. The molecule has 1 heterocycles. The fraction of sp³-hybridized carbons (Fsp3) is 0.562. The van der Waals surface area contributed by atoms with Crippen molar-refractivity contribution >= 4 is 17.5 Å². The summed E-state index contributed by atoms with van der Waals surface area (Å²) in [6.45, 7) is -0.385. The Bertz CT molecular complexity index is 579. The molecule has 0 spiro atoms. The number of aliphatic hydroxyl groups excluding tert-OH is 1. The van der Waals surface area contributed by atoms with E-state index >= 15 is 0 Å². The zero-order chi connectivity index (χ0) is 15.7. The SMILES string of the molecule is O=C(c1ccc(OC2CCC2)cc1Cl)N1CCC(F)(CO)C1. The number of halogens is 2. The van der Waals surface area contributed by atoms with Crippen molar-refractivity contribution in [3.8, 4) is 5.75 Å². The molecule has 1 aromatic carbocycles. The zero-order valence-corrected chi connectivity index (χ0v) is 13.0. The fourth-order valence-electron chi connectivity index (χ4n) is 2.73. The fourth-order valence-corrected chi connectivity index (χ4v) is 2.98. The summed E-state index contributed by atoms with van der Waals surface area (Å²) in [6, 6.07) is 4.98. The van der Waals surface area contributed by atoms with E-state index in [2.05, 4.69) is 0 Å². The third kappa shape index (κ3) is 3.06. The smallest absolute Gasteiger partial charge is 0.255 e. The molecule has 1 aliphatic heterocycles. The van der Waals surface area contributed by atoms with Crippen LogP contribution in [0, 0.1) is 0 Å². The van der Waals surface area contributed by atoms with Crippen LogP contribution < -0.4 is 4.74 Å². The van der Waals surface area contributed by atoms with Gasteiger partial charge in [0.2, 0.25) is 0 Å². The van der Waals surface area contributed by atoms with Crippen LogP contribution >= 0.6 is 11.6 Å². The highest BCUT2D eigenvalue weighted by Crippen LogP contribution is 2.31. The van der Waals surface area contributed by atoms with Crippen LogP contribution in [0.15, 0.2) is 18.2 Å². The maximum absolute atomic E-state index is 14.0. The van der Waals surface area contributed by atoms with Gasteiger partial charge >= 0.3 is 0 Å². The predicted molar refractivity (Wildman–Crippen MR) is 81.2 cm³/mol. The highest BCUT2D eigenvalue weighted by Gasteiger charge is 2.40. The molecule has 4 nitrogen and oxygen atoms in total. The number of hydrogen-bond acceptors (Lipinski definition) is 3. The number of ether oxygens (including phenoxy) is 1. The second-order valence-electron chi connectivity index (χ2n) is 6.10. The Kier molecular flexibility index (Phi) is 4.28. The van der Waals surface area contributed by atoms with Crippen molar-refractivity contribution < 1.29 is 19.0 Å². The van der Waals surface area contributed by atoms with Gasteiger partial charge in [0.25, 0.3) is 5.91 Å². The molecule has 1 aromatic rings. The minimum Gasteiger partial charge on any atom is -0.490 e. The van der Waals surface area contributed by atoms with Crippen LogP contribution in [0.25, 0.3) is 0 Å². The van der Waals surface area contributed by atoms with Gasteiger partial charge in [-0.25, -0.2) is 4.39 Å². The first-order valence-electron chi connectivity index (χ1n) is 7.56. The summed E-state index contributed by atoms with van der Waals surface area (Å²) < 4.78 is 19.8. The number of hydrogen-bond donors (Lipinski definition) is 1. The van der Waals surface area contributed by atoms with E-state index in [1.807, 2.05) is 0 Å². The first kappa shape index (κ1) is 15.6. The van der Waals surface area contributed by atoms with E-state index in [0.717, 1.165) is 12.8 Å². The van der Waals surface area contributed by atoms with Gasteiger partial charge in [-0.2, -0.15) is 0 Å². The number of alkyl halides is 1. The predicted octanol–water partition coefficient (Wildman–Crippen LogP) is 2.82. The van der Waals surface area contributed by atoms with E-state index in [4.69, 9.17) is 21.4 Å². The summed E-state index contributed by atoms with van der Waals surface area (Å²) in [4.78, 5) is 13.8. The van der Waals surface area contributed by atoms with Crippen molar-refractivity contribution in [3.05, 3.63) is 28.8 Å². The van der Waals surface area contributed by atoms with Gasteiger partial charge in [-0.05, 0) is 37.5 Å². The topological polar surface area (TPSA) is 49.8 Å². The second-order valence-corrected chi connectivity index (χ2v) is 6.51. The van der Waals surface area contributed by atoms with E-state index in [1.54, 1.807) is 18.2 Å². The van der Waals surface area contributed by atoms with Gasteiger partial charge < -0.3 is 14.7 Å². The van der Waals surface area contributed by atoms with E-state index in [-0.39, 0.29) is 31.5 Å². The molecular formula is C16H19ClFNO3. The van der Waals surface area contributed by atoms with Crippen LogP contribution in [0.4, 0.5) is 4.39 Å². The van der Waals surface area contributed by atoms with Crippen molar-refractivity contribution in [2.75, 3.05) is 19.7 Å². The molecule has 1 unspecified atom stereocenters. The van der Waals surface area contributed by atoms with E-state index in [1.165, 1.54) is 11.3 Å². The molecule has 120 valence electrons. The summed E-state index contributed by atoms with van der Waals surface area (Å²) in [5.74, 6) is 0.344. The highest BCUT2D eigenvalue weighted by molar-refractivity contribution is 6.34. The van der Waals surface area contributed by atoms with Crippen molar-refractivity contribution in [2.24, 2.45) is 0 Å². The van der Waals surface area contributed by atoms with Gasteiger partial charge in [-0.1, -0.05) is 11.6 Å². The summed E-state index contributed by atoms with van der Waals surface area (Å²) in [6.07, 6.45) is 3.67. The maximum atomic E-state index is 14.0. The molecule has 1 atom stereocenters. The highest BCUT2D eigenvalue weighted by atomic mass is 35.5. The average Bonchev–Trinajstić information content (AvgIpc) is 2.86. The molecule has 0 radical (unpaired) electrons. The Morgan fingerprint density at radius 3 is 2.82 bits per heavy atom. The number of likely N-dealkylation sites (tertiary alicyclic amines) is 1. The van der Waals surface area contributed by atoms with Gasteiger partial charge in [0, 0.05) is 13.0 Å². The Morgan fingerprint density at radius 2 is 2.27 bits per heavy atom. The van der Waals surface area contributed by atoms with Crippen molar-refractivity contribution in [3.63, 3.8) is 0 Å². The molecule has 1 amide bonds. The van der Waals surface area contributed by atoms with Gasteiger partial charge in [-0.15, -0.1) is 0 Å². The largest absolute Gasteiger partial charge is 0.490 e. The molecule has 3 rings (SSSR count). The number of rotatable bonds is 4. The van der Waals surface area contributed by atoms with Crippen LogP contribution in [0.5, 0.6) is 5.75 Å². The second kappa shape index (κ2) is 6.05. The summed E-state index contributed by atoms with van der Waals surface area (Å²) in [5, 5.41) is 9.35. The average molecular weight is 328 g/mol. The normalized spacial score (nSPS) is 25.1.